The molecule has 0 bridgehead atoms. The van der Waals surface area contributed by atoms with Crippen LogP contribution in [0.1, 0.15) is 34.6 Å². The van der Waals surface area contributed by atoms with Crippen molar-refractivity contribution in [2.45, 2.75) is 335 Å². The molecule has 0 aliphatic carbocycles. The Balaban J connectivity index is 1.05. The summed E-state index contributed by atoms with van der Waals surface area (Å²) in [5.41, 5.74) is 0. The molecule has 0 unspecified atom stereocenters. The maximum absolute atomic E-state index is 13.5. The van der Waals surface area contributed by atoms with Crippen molar-refractivity contribution in [3.8, 4) is 0 Å². The largest absolute Gasteiger partial charge is 0.394 e. The topological polar surface area (TPSA) is 818 Å². The summed E-state index contributed by atoms with van der Waals surface area (Å²) in [7, 11) is 0. The summed E-state index contributed by atoms with van der Waals surface area (Å²) in [4.78, 5) is 51.9. The highest BCUT2D eigenvalue weighted by Crippen LogP contribution is 2.42. The first kappa shape index (κ1) is 98.3. The monoisotopic (exact) mass is 1760 g/mol. The molecule has 694 valence electrons. The van der Waals surface area contributed by atoms with Crippen molar-refractivity contribution in [2.75, 3.05) is 59.5 Å². The van der Waals surface area contributed by atoms with Gasteiger partial charge in [-0.15, -0.1) is 0 Å². The van der Waals surface area contributed by atoms with Crippen molar-refractivity contribution in [1.82, 2.24) is 21.3 Å². The van der Waals surface area contributed by atoms with E-state index in [0.29, 0.717) is 0 Å². The number of nitrogens with one attached hydrogen (secondary N) is 4. The van der Waals surface area contributed by atoms with Crippen molar-refractivity contribution in [3.63, 3.8) is 0 Å². The second-order valence-electron chi connectivity index (χ2n) is 30.5. The van der Waals surface area contributed by atoms with Crippen LogP contribution in [0, 0.1) is 0 Å². The lowest BCUT2D eigenvalue weighted by Gasteiger charge is -2.52. The van der Waals surface area contributed by atoms with E-state index in [0.717, 1.165) is 27.7 Å². The minimum Gasteiger partial charge on any atom is -0.394 e. The molecule has 0 radical (unpaired) electrons. The molecule has 0 saturated carbocycles. The van der Waals surface area contributed by atoms with Crippen LogP contribution in [0.25, 0.3) is 0 Å². The average Bonchev–Trinajstić information content (AvgIpc) is 0.760. The van der Waals surface area contributed by atoms with Gasteiger partial charge in [-0.3, -0.25) is 19.2 Å². The zero-order valence-electron chi connectivity index (χ0n) is 64.7. The molecule has 0 aromatic heterocycles. The van der Waals surface area contributed by atoms with Gasteiger partial charge in [0.05, 0.1) is 65.6 Å². The molecule has 0 aromatic carbocycles. The first-order valence-corrected chi connectivity index (χ1v) is 38.4. The highest BCUT2D eigenvalue weighted by atomic mass is 16.8. The predicted octanol–water partition coefficient (Wildman–Crippen LogP) is -20.6. The molecular weight excluding hydrogens is 1640 g/mol. The Morgan fingerprint density at radius 1 is 0.267 bits per heavy atom. The van der Waals surface area contributed by atoms with E-state index in [2.05, 4.69) is 21.3 Å². The first-order valence-electron chi connectivity index (χ1n) is 38.4. The molecular formula is C67H112N4O49. The third kappa shape index (κ3) is 21.6. The minimum atomic E-state index is -2.58. The number of hydrogen-bond acceptors (Lipinski definition) is 49. The maximum atomic E-state index is 13.5. The van der Waals surface area contributed by atoms with Crippen LogP contribution >= 0.6 is 0 Å². The van der Waals surface area contributed by atoms with Crippen molar-refractivity contribution in [1.29, 1.82) is 0 Å². The van der Waals surface area contributed by atoms with Crippen LogP contribution in [-0.2, 0) is 109 Å². The highest BCUT2D eigenvalue weighted by Gasteiger charge is 2.62. The Hall–Kier alpha value is -3.92. The Morgan fingerprint density at radius 2 is 0.592 bits per heavy atom. The van der Waals surface area contributed by atoms with E-state index in [-0.39, 0.29) is 0 Å². The van der Waals surface area contributed by atoms with Crippen molar-refractivity contribution < 1.29 is 242 Å². The van der Waals surface area contributed by atoms with E-state index in [9.17, 15) is 152 Å². The van der Waals surface area contributed by atoms with Crippen molar-refractivity contribution in [3.05, 3.63) is 0 Å². The van der Waals surface area contributed by atoms with Gasteiger partial charge < -0.3 is 244 Å². The molecule has 10 rings (SSSR count). The number of aliphatic hydroxyl groups excluding tert-OH is 26. The Kier molecular flexibility index (Phi) is 35.0. The molecule has 0 spiro atoms. The van der Waals surface area contributed by atoms with Gasteiger partial charge >= 0.3 is 0 Å². The summed E-state index contributed by atoms with van der Waals surface area (Å²) in [6.07, 6.45) is -95.2. The lowest BCUT2D eigenvalue weighted by Crippen LogP contribution is -2.71. The lowest BCUT2D eigenvalue weighted by atomic mass is 9.93. The van der Waals surface area contributed by atoms with Gasteiger partial charge in [-0.25, -0.2) is 0 Å². The summed E-state index contributed by atoms with van der Waals surface area (Å²) in [5, 5.41) is 301. The molecule has 10 fully saturated rings. The molecule has 10 saturated heterocycles. The van der Waals surface area contributed by atoms with E-state index in [4.69, 9.17) is 90.0 Å². The van der Waals surface area contributed by atoms with Crippen molar-refractivity contribution in [2.24, 2.45) is 0 Å². The quantitative estimate of drug-likeness (QED) is 0.0318. The molecule has 53 heteroatoms. The minimum absolute atomic E-state index is 0.874. The summed E-state index contributed by atoms with van der Waals surface area (Å²) < 4.78 is 115. The summed E-state index contributed by atoms with van der Waals surface area (Å²) in [6, 6.07) is -7.68. The predicted molar refractivity (Wildman–Crippen MR) is 369 cm³/mol. The van der Waals surface area contributed by atoms with E-state index in [1.54, 1.807) is 0 Å². The smallest absolute Gasteiger partial charge is 0.217 e. The first-order chi connectivity index (χ1) is 56.8. The molecule has 10 heterocycles. The van der Waals surface area contributed by atoms with E-state index in [1.807, 2.05) is 0 Å². The van der Waals surface area contributed by atoms with Crippen LogP contribution in [0.3, 0.4) is 0 Å². The second-order valence-corrected chi connectivity index (χ2v) is 30.5. The summed E-state index contributed by atoms with van der Waals surface area (Å²) in [5.74, 6) is -3.76. The van der Waals surface area contributed by atoms with E-state index in [1.165, 1.54) is 6.92 Å². The van der Waals surface area contributed by atoms with Crippen molar-refractivity contribution >= 4 is 23.6 Å². The zero-order chi connectivity index (χ0) is 88.2. The number of carbonyl (C=O) groups is 4. The maximum Gasteiger partial charge on any atom is 0.217 e. The molecule has 10 aliphatic heterocycles. The van der Waals surface area contributed by atoms with E-state index < -0.39 is 384 Å². The Bertz CT molecular complexity index is 3230. The molecule has 0 aromatic rings. The number of rotatable bonds is 30. The molecule has 4 amide bonds. The average molecular weight is 1760 g/mol. The van der Waals surface area contributed by atoms with Crippen LogP contribution in [0.2, 0.25) is 0 Å². The van der Waals surface area contributed by atoms with Gasteiger partial charge in [0.1, 0.15) is 232 Å². The lowest BCUT2D eigenvalue weighted by molar-refractivity contribution is -0.412. The summed E-state index contributed by atoms with van der Waals surface area (Å²) in [6.45, 7) is -5.08. The van der Waals surface area contributed by atoms with Gasteiger partial charge in [0.25, 0.3) is 0 Å². The highest BCUT2D eigenvalue weighted by molar-refractivity contribution is 5.74. The molecule has 10 aliphatic rings. The third-order valence-corrected chi connectivity index (χ3v) is 22.0. The zero-order valence-corrected chi connectivity index (χ0v) is 64.7. The number of ether oxygens (including phenoxy) is 19. The number of amides is 4. The van der Waals surface area contributed by atoms with Gasteiger partial charge in [-0.05, 0) is 6.92 Å². The van der Waals surface area contributed by atoms with Crippen LogP contribution in [0.15, 0.2) is 0 Å². The summed E-state index contributed by atoms with van der Waals surface area (Å²) >= 11 is 0. The molecule has 53 nitrogen and oxygen atoms in total. The van der Waals surface area contributed by atoms with Gasteiger partial charge in [0.2, 0.25) is 23.6 Å². The fraction of sp³-hybridized carbons (Fsp3) is 0.940. The van der Waals surface area contributed by atoms with Crippen LogP contribution in [0.4, 0.5) is 0 Å². The SMILES string of the molecule is CC(=O)N[C@@H]1[C@@H](O[C@@H]2O[C@@H](C)[C@@H](O)[C@@H](O)[C@@H]2O)[C@H](O[C@@H]2O[C@H](CO)[C@@H](O[C@@H]3O[C@H](CO[C@H]4O[C@H](CO)[C@@H](O)[C@H](O)[C@@H]4O[C@@H]4O[C@H](CO)[C@@H](O[C@@H]5O[C@H](CO)[C@H](O)[C@H](O)[C@H]5O)[C@H](O)[C@H]4NC(C)=O)[C@@H](O)[C@H](O[C@H]4O[C@H](CO)[C@@H](O)[C@H](O)[C@@H]4O[C@@H]4O[C@H](CO)[C@@H](O)[C@H](O)[C@H]4NC(C)=O)[C@@H]3O[C@@H]3OC[C@@H](O)[C@H](O)[C@H]3O)[C@H](O)[C@H]2NC(C)=O)[C@@H](CO)O[C@H]1O. The standard InChI is InChI=1S/C67H112N4O49/c1-15-33(84)43(94)48(99)63(104-15)116-53-32(71-19(5)82)58(101)105-27(12-78)52(53)115-60-30(69-17(3)80)42(93)51(26(11-77)110-60)114-67-57(120-62-47(98)34(85)20(83)13-102-62)54(117-66-56(46(97)38(89)24(9-75)109-66)119-59-29(68-16(2)79)40(91)35(86)21(6-72)106-59)39(90)28(112-67)14-103-65-55(45(96)37(88)23(8-74)108-65)118-61-31(70-18(4)81)41(92)50(25(10-76)111-61)113-64-49(100)44(95)36(87)22(7-73)107-64/h15,20-67,72-78,83-101H,6-14H2,1-5H3,(H,68,79)(H,69,80)(H,70,81)(H,71,82)/t15-,20+,21+,22+,23+,24+,25+,26+,27+,28+,29+,30+,31+,32+,33+,34-,35+,36-,37+,38+,39+,40+,41+,42+,43+,44-,45-,46-,47+,48-,49+,50+,51+,52+,53+,54-,55-,56-,57-,58+,59-,60-,61-,62-,63-,64-,65-,66+,67-/m0/s1. The van der Waals surface area contributed by atoms with Crippen LogP contribution in [0.5, 0.6) is 0 Å². The van der Waals surface area contributed by atoms with E-state index >= 15 is 0 Å². The van der Waals surface area contributed by atoms with Gasteiger partial charge in [-0.2, -0.15) is 0 Å². The number of hydrogen-bond donors (Lipinski definition) is 30. The molecule has 120 heavy (non-hydrogen) atoms. The normalized spacial score (nSPS) is 49.7. The molecule has 49 atom stereocenters. The molecule has 30 N–H and O–H groups in total. The Morgan fingerprint density at radius 3 is 1.07 bits per heavy atom. The van der Waals surface area contributed by atoms with Crippen LogP contribution < -0.4 is 21.3 Å². The second kappa shape index (κ2) is 42.8. The fourth-order valence-electron chi connectivity index (χ4n) is 15.6. The fourth-order valence-corrected chi connectivity index (χ4v) is 15.6. The van der Waals surface area contributed by atoms with Gasteiger partial charge in [0, 0.05) is 27.7 Å². The van der Waals surface area contributed by atoms with Gasteiger partial charge in [-0.1, -0.05) is 0 Å². The third-order valence-electron chi connectivity index (χ3n) is 22.0. The number of carbonyl (C=O) groups excluding carboxylic acids is 4. The Labute approximate surface area is 679 Å². The van der Waals surface area contributed by atoms with Gasteiger partial charge in [0.15, 0.2) is 62.9 Å². The van der Waals surface area contributed by atoms with Crippen LogP contribution in [-0.4, -0.2) is 517 Å². The number of aliphatic hydroxyl groups is 26.